The van der Waals surface area contributed by atoms with E-state index >= 15 is 0 Å². The van der Waals surface area contributed by atoms with Crippen LogP contribution >= 0.6 is 11.8 Å². The van der Waals surface area contributed by atoms with Gasteiger partial charge in [-0.3, -0.25) is 10.1 Å². The highest BCUT2D eigenvalue weighted by Gasteiger charge is 2.27. The van der Waals surface area contributed by atoms with Crippen molar-refractivity contribution in [2.75, 3.05) is 23.7 Å². The molecule has 0 unspecified atom stereocenters. The standard InChI is InChI=1S/C14H18N2O4S/c1-14(2)5-6-15(7-8-21-14)11-4-3-10(13(17)18)9-12(11)16(19)20/h3-4,9H,5-8H2,1-2H3,(H,17,18). The largest absolute Gasteiger partial charge is 0.478 e. The van der Waals surface area contributed by atoms with E-state index in [0.29, 0.717) is 5.69 Å². The summed E-state index contributed by atoms with van der Waals surface area (Å²) in [6, 6.07) is 4.11. The quantitative estimate of drug-likeness (QED) is 0.682. The van der Waals surface area contributed by atoms with Crippen molar-refractivity contribution in [3.8, 4) is 0 Å². The van der Waals surface area contributed by atoms with Crippen LogP contribution in [0.3, 0.4) is 0 Å². The smallest absolute Gasteiger partial charge is 0.335 e. The highest BCUT2D eigenvalue weighted by Crippen LogP contribution is 2.35. The van der Waals surface area contributed by atoms with E-state index in [2.05, 4.69) is 13.8 Å². The molecule has 0 bridgehead atoms. The number of anilines is 1. The lowest BCUT2D eigenvalue weighted by Crippen LogP contribution is -2.27. The van der Waals surface area contributed by atoms with Crippen molar-refractivity contribution in [2.45, 2.75) is 25.0 Å². The second kappa shape index (κ2) is 5.93. The third-order valence-electron chi connectivity index (χ3n) is 3.60. The molecule has 1 aromatic carbocycles. The summed E-state index contributed by atoms with van der Waals surface area (Å²) in [4.78, 5) is 23.7. The topological polar surface area (TPSA) is 83.7 Å². The summed E-state index contributed by atoms with van der Waals surface area (Å²) < 4.78 is 0.157. The van der Waals surface area contributed by atoms with Crippen molar-refractivity contribution in [3.63, 3.8) is 0 Å². The summed E-state index contributed by atoms with van der Waals surface area (Å²) in [5, 5.41) is 20.2. The third-order valence-corrected chi connectivity index (χ3v) is 4.97. The van der Waals surface area contributed by atoms with E-state index in [1.165, 1.54) is 6.07 Å². The van der Waals surface area contributed by atoms with E-state index in [0.717, 1.165) is 31.3 Å². The highest BCUT2D eigenvalue weighted by molar-refractivity contribution is 8.00. The summed E-state index contributed by atoms with van der Waals surface area (Å²) in [6.45, 7) is 5.79. The van der Waals surface area contributed by atoms with Gasteiger partial charge in [0.05, 0.1) is 10.5 Å². The van der Waals surface area contributed by atoms with Crippen molar-refractivity contribution in [1.82, 2.24) is 0 Å². The Balaban J connectivity index is 2.34. The van der Waals surface area contributed by atoms with Crippen molar-refractivity contribution in [3.05, 3.63) is 33.9 Å². The van der Waals surface area contributed by atoms with Gasteiger partial charge in [0.2, 0.25) is 0 Å². The first kappa shape index (κ1) is 15.6. The van der Waals surface area contributed by atoms with Gasteiger partial charge >= 0.3 is 5.97 Å². The summed E-state index contributed by atoms with van der Waals surface area (Å²) >= 11 is 1.86. The number of benzene rings is 1. The molecule has 1 fully saturated rings. The van der Waals surface area contributed by atoms with Gasteiger partial charge in [-0.05, 0) is 18.6 Å². The van der Waals surface area contributed by atoms with Crippen LogP contribution in [0.1, 0.15) is 30.6 Å². The number of hydrogen-bond acceptors (Lipinski definition) is 5. The fourth-order valence-electron chi connectivity index (χ4n) is 2.33. The lowest BCUT2D eigenvalue weighted by atomic mass is 10.1. The first-order valence-corrected chi connectivity index (χ1v) is 7.69. The summed E-state index contributed by atoms with van der Waals surface area (Å²) in [5.41, 5.74) is 0.304. The Morgan fingerprint density at radius 1 is 1.43 bits per heavy atom. The maximum Gasteiger partial charge on any atom is 0.335 e. The zero-order valence-electron chi connectivity index (χ0n) is 12.0. The minimum atomic E-state index is -1.16. The second-order valence-electron chi connectivity index (χ2n) is 5.61. The maximum atomic E-state index is 11.2. The number of carboxylic acid groups (broad SMARTS) is 1. The van der Waals surface area contributed by atoms with Crippen LogP contribution in [0.25, 0.3) is 0 Å². The predicted molar refractivity (Wildman–Crippen MR) is 83.4 cm³/mol. The minimum Gasteiger partial charge on any atom is -0.478 e. The molecule has 0 radical (unpaired) electrons. The Labute approximate surface area is 127 Å². The number of rotatable bonds is 3. The number of nitro benzene ring substituents is 1. The van der Waals surface area contributed by atoms with Crippen LogP contribution in [0, 0.1) is 10.1 Å². The van der Waals surface area contributed by atoms with Crippen LogP contribution in [-0.2, 0) is 0 Å². The summed E-state index contributed by atoms with van der Waals surface area (Å²) in [6.07, 6.45) is 0.926. The van der Waals surface area contributed by atoms with E-state index < -0.39 is 10.9 Å². The zero-order valence-corrected chi connectivity index (χ0v) is 12.9. The van der Waals surface area contributed by atoms with Gasteiger partial charge in [0, 0.05) is 29.7 Å². The fraction of sp³-hybridized carbons (Fsp3) is 0.500. The van der Waals surface area contributed by atoms with E-state index in [-0.39, 0.29) is 16.0 Å². The number of nitrogens with zero attached hydrogens (tertiary/aromatic N) is 2. The number of aromatic carboxylic acids is 1. The predicted octanol–water partition coefficient (Wildman–Crippen LogP) is 3.01. The number of hydrogen-bond donors (Lipinski definition) is 1. The molecule has 1 aliphatic rings. The molecule has 6 nitrogen and oxygen atoms in total. The highest BCUT2D eigenvalue weighted by atomic mass is 32.2. The first-order valence-electron chi connectivity index (χ1n) is 6.71. The van der Waals surface area contributed by atoms with Gasteiger partial charge in [0.15, 0.2) is 0 Å². The molecule has 0 aliphatic carbocycles. The molecule has 0 amide bonds. The van der Waals surface area contributed by atoms with Gasteiger partial charge in [0.1, 0.15) is 5.69 Å². The van der Waals surface area contributed by atoms with Gasteiger partial charge in [-0.1, -0.05) is 13.8 Å². The maximum absolute atomic E-state index is 11.2. The molecular weight excluding hydrogens is 292 g/mol. The van der Waals surface area contributed by atoms with E-state index in [9.17, 15) is 14.9 Å². The monoisotopic (exact) mass is 310 g/mol. The van der Waals surface area contributed by atoms with Crippen molar-refractivity contribution >= 4 is 29.1 Å². The van der Waals surface area contributed by atoms with Gasteiger partial charge < -0.3 is 10.0 Å². The summed E-state index contributed by atoms with van der Waals surface area (Å²) in [5.74, 6) is -0.262. The van der Waals surface area contributed by atoms with Crippen molar-refractivity contribution < 1.29 is 14.8 Å². The van der Waals surface area contributed by atoms with Gasteiger partial charge in [-0.25, -0.2) is 4.79 Å². The molecule has 21 heavy (non-hydrogen) atoms. The Bertz CT molecular complexity index is 574. The molecule has 7 heteroatoms. The molecule has 0 atom stereocenters. The Morgan fingerprint density at radius 2 is 2.14 bits per heavy atom. The molecule has 1 N–H and O–H groups in total. The van der Waals surface area contributed by atoms with Crippen LogP contribution in [0.2, 0.25) is 0 Å². The van der Waals surface area contributed by atoms with Crippen molar-refractivity contribution in [2.24, 2.45) is 0 Å². The molecule has 1 aromatic rings. The van der Waals surface area contributed by atoms with Crippen molar-refractivity contribution in [1.29, 1.82) is 0 Å². The molecular formula is C14H18N2O4S. The minimum absolute atomic E-state index is 0.0602. The Hall–Kier alpha value is -1.76. The lowest BCUT2D eigenvalue weighted by molar-refractivity contribution is -0.384. The number of carboxylic acids is 1. The van der Waals surface area contributed by atoms with Gasteiger partial charge in [-0.15, -0.1) is 0 Å². The SMILES string of the molecule is CC1(C)CCN(c2ccc(C(=O)O)cc2[N+](=O)[O-])CCS1. The molecule has 0 aromatic heterocycles. The Morgan fingerprint density at radius 3 is 2.76 bits per heavy atom. The third kappa shape index (κ3) is 3.66. The number of nitro groups is 1. The number of thioether (sulfide) groups is 1. The van der Waals surface area contributed by atoms with Gasteiger partial charge in [0.25, 0.3) is 5.69 Å². The summed E-state index contributed by atoms with van der Waals surface area (Å²) in [7, 11) is 0. The fourth-order valence-corrected chi connectivity index (χ4v) is 3.43. The van der Waals surface area contributed by atoms with Gasteiger partial charge in [-0.2, -0.15) is 11.8 Å². The molecule has 1 heterocycles. The van der Waals surface area contributed by atoms with Crippen LogP contribution in [0.15, 0.2) is 18.2 Å². The van der Waals surface area contributed by atoms with E-state index in [1.54, 1.807) is 6.07 Å². The normalized spacial score (nSPS) is 18.1. The Kier molecular flexibility index (Phi) is 4.41. The average Bonchev–Trinajstić information content (AvgIpc) is 2.59. The van der Waals surface area contributed by atoms with Crippen LogP contribution in [0.5, 0.6) is 0 Å². The molecule has 0 spiro atoms. The second-order valence-corrected chi connectivity index (χ2v) is 7.41. The number of carbonyl (C=O) groups is 1. The van der Waals surface area contributed by atoms with Crippen LogP contribution < -0.4 is 4.90 Å². The molecule has 114 valence electrons. The lowest BCUT2D eigenvalue weighted by Gasteiger charge is -2.24. The molecule has 0 saturated carbocycles. The molecule has 1 aliphatic heterocycles. The van der Waals surface area contributed by atoms with Crippen LogP contribution in [0.4, 0.5) is 11.4 Å². The van der Waals surface area contributed by atoms with E-state index in [1.807, 2.05) is 16.7 Å². The molecule has 2 rings (SSSR count). The zero-order chi connectivity index (χ0) is 15.6. The average molecular weight is 310 g/mol. The van der Waals surface area contributed by atoms with E-state index in [4.69, 9.17) is 5.11 Å². The van der Waals surface area contributed by atoms with Crippen LogP contribution in [-0.4, -0.2) is 39.6 Å². The first-order chi connectivity index (χ1) is 9.80. The molecule has 1 saturated heterocycles.